The number of hydrogen-bond donors (Lipinski definition) is 1. The molecule has 0 radical (unpaired) electrons. The van der Waals surface area contributed by atoms with Crippen LogP contribution in [0.25, 0.3) is 0 Å². The molecule has 1 saturated heterocycles. The van der Waals surface area contributed by atoms with E-state index in [-0.39, 0.29) is 22.4 Å². The molecule has 0 spiro atoms. The van der Waals surface area contributed by atoms with Gasteiger partial charge in [-0.25, -0.2) is 8.42 Å². The fraction of sp³-hybridized carbons (Fsp3) is 0.381. The van der Waals surface area contributed by atoms with E-state index in [2.05, 4.69) is 5.32 Å². The van der Waals surface area contributed by atoms with E-state index in [1.165, 1.54) is 16.4 Å². The smallest absolute Gasteiger partial charge is 0.255 e. The number of piperidine rings is 1. The van der Waals surface area contributed by atoms with Gasteiger partial charge in [-0.2, -0.15) is 4.31 Å². The molecule has 1 N–H and O–H groups in total. The lowest BCUT2D eigenvalue weighted by Gasteiger charge is -2.32. The summed E-state index contributed by atoms with van der Waals surface area (Å²) in [5.74, 6) is -0.387. The Labute approximate surface area is 177 Å². The topological polar surface area (TPSA) is 69.7 Å². The first-order chi connectivity index (χ1) is 13.7. The minimum absolute atomic E-state index is 0.0383. The van der Waals surface area contributed by atoms with Crippen LogP contribution in [0.2, 0.25) is 5.02 Å². The second-order valence-electron chi connectivity index (χ2n) is 7.50. The number of nitrogens with zero attached hydrogens (tertiary/aromatic N) is 2. The van der Waals surface area contributed by atoms with Gasteiger partial charge in [0.2, 0.25) is 10.0 Å². The Morgan fingerprint density at radius 1 is 1.17 bits per heavy atom. The Morgan fingerprint density at radius 3 is 2.59 bits per heavy atom. The van der Waals surface area contributed by atoms with Gasteiger partial charge in [-0.05, 0) is 56.2 Å². The van der Waals surface area contributed by atoms with Crippen molar-refractivity contribution in [2.45, 2.75) is 37.1 Å². The fourth-order valence-corrected chi connectivity index (χ4v) is 5.61. The van der Waals surface area contributed by atoms with Crippen molar-refractivity contribution >= 4 is 38.9 Å². The van der Waals surface area contributed by atoms with Gasteiger partial charge in [0, 0.05) is 37.9 Å². The maximum atomic E-state index is 13.0. The van der Waals surface area contributed by atoms with Crippen LogP contribution in [0, 0.1) is 0 Å². The van der Waals surface area contributed by atoms with Gasteiger partial charge in [-0.3, -0.25) is 4.79 Å². The third-order valence-corrected chi connectivity index (χ3v) is 7.44. The number of amides is 1. The molecule has 156 valence electrons. The quantitative estimate of drug-likeness (QED) is 0.763. The van der Waals surface area contributed by atoms with E-state index >= 15 is 0 Å². The minimum Gasteiger partial charge on any atom is -0.376 e. The highest BCUT2D eigenvalue weighted by Gasteiger charge is 2.31. The van der Waals surface area contributed by atoms with E-state index in [1.54, 1.807) is 24.3 Å². The van der Waals surface area contributed by atoms with Crippen LogP contribution >= 0.6 is 11.6 Å². The molecule has 29 heavy (non-hydrogen) atoms. The number of anilines is 2. The maximum Gasteiger partial charge on any atom is 0.255 e. The Bertz CT molecular complexity index is 1010. The van der Waals surface area contributed by atoms with Crippen molar-refractivity contribution in [2.24, 2.45) is 0 Å². The normalized spacial score (nSPS) is 17.7. The monoisotopic (exact) mass is 435 g/mol. The maximum absolute atomic E-state index is 13.0. The molecule has 3 rings (SSSR count). The molecule has 0 bridgehead atoms. The van der Waals surface area contributed by atoms with Gasteiger partial charge in [0.05, 0.1) is 15.6 Å². The molecule has 1 fully saturated rings. The molecule has 1 atom stereocenters. The average molecular weight is 436 g/mol. The third-order valence-electron chi connectivity index (χ3n) is 5.13. The fourth-order valence-electron chi connectivity index (χ4n) is 3.51. The Hall–Kier alpha value is -2.09. The number of rotatable bonds is 5. The van der Waals surface area contributed by atoms with E-state index in [9.17, 15) is 13.2 Å². The van der Waals surface area contributed by atoms with Gasteiger partial charge in [0.25, 0.3) is 5.91 Å². The van der Waals surface area contributed by atoms with Crippen LogP contribution in [0.5, 0.6) is 0 Å². The van der Waals surface area contributed by atoms with Crippen molar-refractivity contribution in [3.8, 4) is 0 Å². The van der Waals surface area contributed by atoms with Crippen molar-refractivity contribution in [2.75, 3.05) is 30.9 Å². The summed E-state index contributed by atoms with van der Waals surface area (Å²) in [5.41, 5.74) is 1.67. The van der Waals surface area contributed by atoms with Gasteiger partial charge < -0.3 is 10.2 Å². The first-order valence-corrected chi connectivity index (χ1v) is 11.4. The summed E-state index contributed by atoms with van der Waals surface area (Å²) < 4.78 is 27.6. The zero-order valence-electron chi connectivity index (χ0n) is 16.9. The SMILES string of the molecule is CC1CCCCN1S(=O)(=O)c1cccc(C(=O)Nc2ccc(N(C)C)c(Cl)c2)c1. The molecule has 0 aliphatic carbocycles. The summed E-state index contributed by atoms with van der Waals surface area (Å²) >= 11 is 6.26. The summed E-state index contributed by atoms with van der Waals surface area (Å²) in [6, 6.07) is 11.4. The van der Waals surface area contributed by atoms with Crippen LogP contribution in [0.15, 0.2) is 47.4 Å². The second kappa shape index (κ2) is 8.73. The predicted molar refractivity (Wildman–Crippen MR) is 117 cm³/mol. The lowest BCUT2D eigenvalue weighted by atomic mass is 10.1. The molecular formula is C21H26ClN3O3S. The molecular weight excluding hydrogens is 410 g/mol. The van der Waals surface area contributed by atoms with Gasteiger partial charge >= 0.3 is 0 Å². The highest BCUT2D eigenvalue weighted by Crippen LogP contribution is 2.28. The molecule has 2 aromatic carbocycles. The van der Waals surface area contributed by atoms with E-state index in [0.717, 1.165) is 24.9 Å². The number of hydrogen-bond acceptors (Lipinski definition) is 4. The molecule has 1 unspecified atom stereocenters. The molecule has 8 heteroatoms. The molecule has 0 saturated carbocycles. The standard InChI is InChI=1S/C21H26ClN3O3S/c1-15-7-4-5-12-25(15)29(27,28)18-9-6-8-16(13-18)21(26)23-17-10-11-20(24(2)3)19(22)14-17/h6,8-11,13-15H,4-5,7,12H2,1-3H3,(H,23,26). The van der Waals surface area contributed by atoms with Crippen molar-refractivity contribution in [3.63, 3.8) is 0 Å². The van der Waals surface area contributed by atoms with Gasteiger partial charge in [-0.15, -0.1) is 0 Å². The highest BCUT2D eigenvalue weighted by molar-refractivity contribution is 7.89. The summed E-state index contributed by atoms with van der Waals surface area (Å²) in [7, 11) is 0.132. The predicted octanol–water partition coefficient (Wildman–Crippen LogP) is 4.22. The van der Waals surface area contributed by atoms with Gasteiger partial charge in [-0.1, -0.05) is 24.1 Å². The Kier molecular flexibility index (Phi) is 6.51. The molecule has 2 aromatic rings. The summed E-state index contributed by atoms with van der Waals surface area (Å²) in [6.07, 6.45) is 2.74. The Balaban J connectivity index is 1.82. The van der Waals surface area contributed by atoms with Crippen molar-refractivity contribution < 1.29 is 13.2 Å². The van der Waals surface area contributed by atoms with Crippen LogP contribution in [0.3, 0.4) is 0 Å². The Morgan fingerprint density at radius 2 is 1.93 bits per heavy atom. The minimum atomic E-state index is -3.64. The van der Waals surface area contributed by atoms with Crippen LogP contribution < -0.4 is 10.2 Å². The summed E-state index contributed by atoms with van der Waals surface area (Å²) in [6.45, 7) is 2.44. The largest absolute Gasteiger partial charge is 0.376 e. The molecule has 1 aliphatic heterocycles. The number of carbonyl (C=O) groups excluding carboxylic acids is 1. The summed E-state index contributed by atoms with van der Waals surface area (Å²) in [5, 5.41) is 3.30. The van der Waals surface area contributed by atoms with Crippen molar-refractivity contribution in [1.82, 2.24) is 4.31 Å². The first kappa shape index (κ1) is 21.6. The molecule has 1 amide bonds. The third kappa shape index (κ3) is 4.74. The second-order valence-corrected chi connectivity index (χ2v) is 9.80. The lowest BCUT2D eigenvalue weighted by molar-refractivity contribution is 0.102. The molecule has 6 nitrogen and oxygen atoms in total. The van der Waals surface area contributed by atoms with E-state index in [0.29, 0.717) is 17.3 Å². The highest BCUT2D eigenvalue weighted by atomic mass is 35.5. The number of nitrogens with one attached hydrogen (secondary N) is 1. The van der Waals surface area contributed by atoms with Crippen LogP contribution in [-0.2, 0) is 10.0 Å². The number of sulfonamides is 1. The van der Waals surface area contributed by atoms with E-state index in [4.69, 9.17) is 11.6 Å². The lowest BCUT2D eigenvalue weighted by Crippen LogP contribution is -2.41. The zero-order chi connectivity index (χ0) is 21.2. The molecule has 1 heterocycles. The number of carbonyl (C=O) groups is 1. The van der Waals surface area contributed by atoms with E-state index < -0.39 is 10.0 Å². The number of benzene rings is 2. The summed E-state index contributed by atoms with van der Waals surface area (Å²) in [4.78, 5) is 14.7. The van der Waals surface area contributed by atoms with Crippen molar-refractivity contribution in [3.05, 3.63) is 53.1 Å². The zero-order valence-corrected chi connectivity index (χ0v) is 18.4. The van der Waals surface area contributed by atoms with Gasteiger partial charge in [0.15, 0.2) is 0 Å². The van der Waals surface area contributed by atoms with Crippen LogP contribution in [-0.4, -0.2) is 45.3 Å². The van der Waals surface area contributed by atoms with E-state index in [1.807, 2.05) is 32.0 Å². The number of halogens is 1. The van der Waals surface area contributed by atoms with Crippen LogP contribution in [0.4, 0.5) is 11.4 Å². The first-order valence-electron chi connectivity index (χ1n) is 9.60. The molecule has 1 aliphatic rings. The molecule has 0 aromatic heterocycles. The average Bonchev–Trinajstić information content (AvgIpc) is 2.68. The van der Waals surface area contributed by atoms with Crippen LogP contribution in [0.1, 0.15) is 36.5 Å². The van der Waals surface area contributed by atoms with Crippen molar-refractivity contribution in [1.29, 1.82) is 0 Å². The van der Waals surface area contributed by atoms with Gasteiger partial charge in [0.1, 0.15) is 0 Å².